The van der Waals surface area contributed by atoms with Crippen LogP contribution in [-0.4, -0.2) is 148 Å². The first kappa shape index (κ1) is 51.3. The minimum atomic E-state index is -2.08. The van der Waals surface area contributed by atoms with Gasteiger partial charge >= 0.3 is 24.1 Å². The van der Waals surface area contributed by atoms with Gasteiger partial charge in [-0.3, -0.25) is 42.8 Å². The van der Waals surface area contributed by atoms with Crippen molar-refractivity contribution in [2.75, 3.05) is 32.8 Å². The molecule has 0 aliphatic carbocycles. The first-order chi connectivity index (χ1) is 32.0. The Balaban J connectivity index is 1.54. The van der Waals surface area contributed by atoms with Gasteiger partial charge in [-0.15, -0.1) is 0 Å². The molecule has 4 aromatic rings. The number of imide groups is 2. The molecule has 0 spiro atoms. The molecule has 0 aliphatic rings. The van der Waals surface area contributed by atoms with Gasteiger partial charge in [-0.25, -0.2) is 29.1 Å². The molecule has 0 radical (unpaired) electrons. The molecule has 67 heavy (non-hydrogen) atoms. The van der Waals surface area contributed by atoms with Crippen LogP contribution in [0.25, 0.3) is 12.2 Å². The maximum absolute atomic E-state index is 13.6. The largest absolute Gasteiger partial charge is 0.497 e. The van der Waals surface area contributed by atoms with Crippen LogP contribution in [0.2, 0.25) is 0 Å². The normalized spacial score (nSPS) is 12.2. The highest BCUT2D eigenvalue weighted by atomic mass is 33.1. The molecule has 22 nitrogen and oxygen atoms in total. The van der Waals surface area contributed by atoms with E-state index in [1.807, 2.05) is 0 Å². The fraction of sp³-hybridized carbons (Fsp3) is 0.163. The number of imidazole rings is 2. The monoisotopic (exact) mass is 958 g/mol. The van der Waals surface area contributed by atoms with Crippen molar-refractivity contribution in [1.82, 2.24) is 28.9 Å². The van der Waals surface area contributed by atoms with E-state index in [-0.39, 0.29) is 21.2 Å². The summed E-state index contributed by atoms with van der Waals surface area (Å²) >= 11 is 0. The predicted molar refractivity (Wildman–Crippen MR) is 239 cm³/mol. The second-order valence-corrected chi connectivity index (χ2v) is 15.6. The number of hydrogen-bond acceptors (Lipinski definition) is 17. The molecule has 0 aliphatic heterocycles. The van der Waals surface area contributed by atoms with Gasteiger partial charge < -0.3 is 29.5 Å². The zero-order valence-corrected chi connectivity index (χ0v) is 36.9. The third-order valence-corrected chi connectivity index (χ3v) is 11.2. The second-order valence-electron chi connectivity index (χ2n) is 13.1. The SMILES string of the molecule is COC(=O)[C@H](CSSCC(C(=O)O)N(C(=O)C=CC(=O)c1cn(C(=O)C=Cc2ccc(OC)cc2)cn1)C(=O)C=CC(=O)c1cn(C(=O)C=Cc2ccc(OC)cc2)cn1)N(C(=O)O)C(=O)O. The van der Waals surface area contributed by atoms with E-state index in [2.05, 4.69) is 14.7 Å². The molecule has 0 saturated carbocycles. The molecule has 24 heteroatoms. The van der Waals surface area contributed by atoms with Crippen molar-refractivity contribution in [2.24, 2.45) is 0 Å². The number of rotatable bonds is 21. The lowest BCUT2D eigenvalue weighted by Crippen LogP contribution is -2.49. The Morgan fingerprint density at radius 2 is 0.985 bits per heavy atom. The van der Waals surface area contributed by atoms with Crippen LogP contribution in [0.4, 0.5) is 9.59 Å². The average Bonchev–Trinajstić information content (AvgIpc) is 4.03. The van der Waals surface area contributed by atoms with Gasteiger partial charge in [0.25, 0.3) is 23.6 Å². The van der Waals surface area contributed by atoms with E-state index in [0.29, 0.717) is 68.5 Å². The van der Waals surface area contributed by atoms with Gasteiger partial charge in [0.15, 0.2) is 6.04 Å². The number of ether oxygens (including phenoxy) is 3. The number of aliphatic carboxylic acids is 1. The number of nitrogens with zero attached hydrogens (tertiary/aromatic N) is 6. The molecule has 4 rings (SSSR count). The highest BCUT2D eigenvalue weighted by Crippen LogP contribution is 2.27. The highest BCUT2D eigenvalue weighted by Gasteiger charge is 2.37. The van der Waals surface area contributed by atoms with Crippen LogP contribution in [0.1, 0.15) is 41.7 Å². The molecule has 348 valence electrons. The lowest BCUT2D eigenvalue weighted by atomic mass is 10.2. The summed E-state index contributed by atoms with van der Waals surface area (Å²) in [7, 11) is 5.06. The van der Waals surface area contributed by atoms with Gasteiger partial charge in [-0.1, -0.05) is 45.9 Å². The first-order valence-corrected chi connectivity index (χ1v) is 21.4. The number of allylic oxidation sites excluding steroid dienone is 4. The Bertz CT molecular complexity index is 2500. The summed E-state index contributed by atoms with van der Waals surface area (Å²) in [6.45, 7) is 0. The number of esters is 1. The molecule has 2 heterocycles. The van der Waals surface area contributed by atoms with Gasteiger partial charge in [0.2, 0.25) is 11.6 Å². The van der Waals surface area contributed by atoms with Gasteiger partial charge in [0.1, 0.15) is 41.6 Å². The topological polar surface area (TPSA) is 301 Å². The number of methoxy groups -OCH3 is 3. The minimum absolute atomic E-state index is 0.181. The van der Waals surface area contributed by atoms with Crippen LogP contribution in [-0.2, 0) is 23.9 Å². The van der Waals surface area contributed by atoms with Gasteiger partial charge in [0, 0.05) is 48.2 Å². The number of aromatic nitrogens is 4. The van der Waals surface area contributed by atoms with E-state index < -0.39 is 82.9 Å². The number of hydrogen-bond donors (Lipinski definition) is 3. The van der Waals surface area contributed by atoms with Crippen molar-refractivity contribution in [3.63, 3.8) is 0 Å². The number of ketones is 2. The molecule has 4 amide bonds. The smallest absolute Gasteiger partial charge is 0.417 e. The third-order valence-electron chi connectivity index (χ3n) is 8.81. The van der Waals surface area contributed by atoms with Crippen molar-refractivity contribution in [1.29, 1.82) is 0 Å². The predicted octanol–water partition coefficient (Wildman–Crippen LogP) is 4.37. The number of carboxylic acid groups (broad SMARTS) is 3. The highest BCUT2D eigenvalue weighted by molar-refractivity contribution is 8.76. The maximum atomic E-state index is 13.6. The van der Waals surface area contributed by atoms with Crippen LogP contribution in [0.5, 0.6) is 11.5 Å². The van der Waals surface area contributed by atoms with E-state index in [9.17, 15) is 63.3 Å². The average molecular weight is 959 g/mol. The van der Waals surface area contributed by atoms with Crippen LogP contribution in [0.15, 0.2) is 110 Å². The molecule has 3 N–H and O–H groups in total. The fourth-order valence-corrected chi connectivity index (χ4v) is 7.71. The molecule has 0 bridgehead atoms. The fourth-order valence-electron chi connectivity index (χ4n) is 5.33. The van der Waals surface area contributed by atoms with E-state index in [1.54, 1.807) is 48.5 Å². The van der Waals surface area contributed by atoms with Crippen LogP contribution >= 0.6 is 21.6 Å². The quantitative estimate of drug-likeness (QED) is 0.0343. The minimum Gasteiger partial charge on any atom is -0.497 e. The number of benzene rings is 2. The van der Waals surface area contributed by atoms with E-state index in [4.69, 9.17) is 9.47 Å². The summed E-state index contributed by atoms with van der Waals surface area (Å²) in [5.74, 6) is -9.00. The Morgan fingerprint density at radius 1 is 0.582 bits per heavy atom. The van der Waals surface area contributed by atoms with E-state index >= 15 is 0 Å². The molecule has 2 aromatic carbocycles. The summed E-state index contributed by atoms with van der Waals surface area (Å²) < 4.78 is 16.7. The zero-order chi connectivity index (χ0) is 49.2. The molecule has 0 fully saturated rings. The van der Waals surface area contributed by atoms with Crippen molar-refractivity contribution < 1.29 is 77.5 Å². The summed E-state index contributed by atoms with van der Waals surface area (Å²) in [6, 6.07) is 9.54. The Hall–Kier alpha value is -8.38. The van der Waals surface area contributed by atoms with Crippen LogP contribution in [0, 0.1) is 0 Å². The van der Waals surface area contributed by atoms with Gasteiger partial charge in [-0.05, 0) is 59.7 Å². The Kier molecular flexibility index (Phi) is 18.8. The standard InChI is InChI=1S/C43H38N6O16S2/c1-63-28-10-4-26(5-11-28)8-16-36(52)46-20-30(44-24-46)34(50)14-18-38(54)48(32(40(56)57)22-66-67-23-33(41(58)65-3)49(42(59)60)43(61)62)39(55)19-15-35(51)31-21-47(25-45-31)37(53)17-9-27-6-12-29(64-2)13-7-27/h4-21,24-25,32-33H,22-23H2,1-3H3,(H,56,57)(H,59,60)(H,61,62)/t32?,33-/m0/s1. The van der Waals surface area contributed by atoms with E-state index in [0.717, 1.165) is 41.3 Å². The van der Waals surface area contributed by atoms with E-state index in [1.165, 1.54) is 38.5 Å². The lowest BCUT2D eigenvalue weighted by Gasteiger charge is -2.25. The summed E-state index contributed by atoms with van der Waals surface area (Å²) in [5.41, 5.74) is 0.665. The summed E-state index contributed by atoms with van der Waals surface area (Å²) in [6.07, 6.45) is 7.99. The molecule has 1 unspecified atom stereocenters. The molecular weight excluding hydrogens is 921 g/mol. The van der Waals surface area contributed by atoms with Crippen LogP contribution < -0.4 is 9.47 Å². The van der Waals surface area contributed by atoms with Crippen molar-refractivity contribution >= 4 is 93.1 Å². The molecule has 2 aromatic heterocycles. The number of carboxylic acids is 1. The lowest BCUT2D eigenvalue weighted by molar-refractivity contribution is -0.153. The molecular formula is C43H38N6O16S2. The Morgan fingerprint density at radius 3 is 1.34 bits per heavy atom. The summed E-state index contributed by atoms with van der Waals surface area (Å²) in [4.78, 5) is 135. The zero-order valence-electron chi connectivity index (χ0n) is 35.3. The number of carbonyl (C=O) groups is 10. The third kappa shape index (κ3) is 14.6. The van der Waals surface area contributed by atoms with Crippen molar-refractivity contribution in [3.8, 4) is 11.5 Å². The maximum Gasteiger partial charge on any atom is 0.417 e. The molecule has 0 saturated heterocycles. The number of amides is 4. The Labute approximate surface area is 387 Å². The van der Waals surface area contributed by atoms with Crippen molar-refractivity contribution in [2.45, 2.75) is 12.1 Å². The van der Waals surface area contributed by atoms with Gasteiger partial charge in [0.05, 0.1) is 21.3 Å². The van der Waals surface area contributed by atoms with Crippen LogP contribution in [0.3, 0.4) is 0 Å². The molecule has 2 atom stereocenters. The summed E-state index contributed by atoms with van der Waals surface area (Å²) in [5, 5.41) is 28.9. The second kappa shape index (κ2) is 24.6. The van der Waals surface area contributed by atoms with Crippen molar-refractivity contribution in [3.05, 3.63) is 133 Å². The van der Waals surface area contributed by atoms with Gasteiger partial charge in [-0.2, -0.15) is 4.90 Å². The first-order valence-electron chi connectivity index (χ1n) is 18.9. The number of carbonyl (C=O) groups excluding carboxylic acids is 7.